The molecule has 10 nitrogen and oxygen atoms in total. The van der Waals surface area contributed by atoms with Crippen molar-refractivity contribution in [3.05, 3.63) is 35.4 Å². The first kappa shape index (κ1) is 34.9. The minimum atomic E-state index is -1.16. The van der Waals surface area contributed by atoms with Crippen LogP contribution in [0.25, 0.3) is 0 Å². The highest BCUT2D eigenvalue weighted by Gasteiger charge is 2.43. The Morgan fingerprint density at radius 1 is 0.703 bits per heavy atom. The van der Waals surface area contributed by atoms with Crippen molar-refractivity contribution in [3.8, 4) is 0 Å². The molecule has 1 aromatic carbocycles. The summed E-state index contributed by atoms with van der Waals surface area (Å²) in [5.41, 5.74) is -0.0671. The van der Waals surface area contributed by atoms with Crippen LogP contribution in [0.2, 0.25) is 0 Å². The van der Waals surface area contributed by atoms with Gasteiger partial charge in [-0.15, -0.1) is 0 Å². The molecule has 1 aliphatic rings. The molecule has 2 rings (SSSR count). The van der Waals surface area contributed by atoms with E-state index in [4.69, 9.17) is 9.47 Å². The van der Waals surface area contributed by atoms with Gasteiger partial charge in [0.2, 0.25) is 0 Å². The highest BCUT2D eigenvalue weighted by molar-refractivity contribution is 6.03. The zero-order chi connectivity index (χ0) is 26.2. The van der Waals surface area contributed by atoms with E-state index in [9.17, 15) is 29.4 Å². The molecule has 37 heavy (non-hydrogen) atoms. The van der Waals surface area contributed by atoms with E-state index in [0.717, 1.165) is 0 Å². The molecule has 2 N–H and O–H groups in total. The first-order valence-electron chi connectivity index (χ1n) is 12.2. The van der Waals surface area contributed by atoms with Gasteiger partial charge in [0.15, 0.2) is 6.42 Å². The third-order valence-corrected chi connectivity index (χ3v) is 7.08. The van der Waals surface area contributed by atoms with E-state index < -0.39 is 24.1 Å². The van der Waals surface area contributed by atoms with E-state index in [0.29, 0.717) is 26.2 Å². The number of likely N-dealkylation sites (N-methyl/N-ethyl adjacent to an activating group) is 2. The quantitative estimate of drug-likeness (QED) is 0.211. The molecule has 0 spiro atoms. The molecule has 0 aliphatic carbocycles. The standard InChI is InChI=1S/C25H38N2O8.2ClH/c1-5-26(6-2)14-18(28)16-34-24(32)20-11-9-10-12-21(20)25(33)35-17-19(29)15-27(7-3,8-4)23(31)13-22(26)30;;/h9-12,18-19,28-29H,5-8,13-17H2,1-4H3;2*1H/q+2;;/p-2. The number of carbonyl (C=O) groups is 4. The topological polar surface area (TPSA) is 127 Å². The number of hydrogen-bond acceptors (Lipinski definition) is 8. The van der Waals surface area contributed by atoms with Crippen LogP contribution in [0, 0.1) is 0 Å². The second-order valence-electron chi connectivity index (χ2n) is 8.93. The molecule has 210 valence electrons. The molecule has 0 fully saturated rings. The van der Waals surface area contributed by atoms with Crippen LogP contribution in [0.3, 0.4) is 0 Å². The second-order valence-corrected chi connectivity index (χ2v) is 8.93. The molecule has 2 amide bonds. The fourth-order valence-corrected chi connectivity index (χ4v) is 4.59. The Morgan fingerprint density at radius 3 is 1.32 bits per heavy atom. The van der Waals surface area contributed by atoms with Crippen LogP contribution < -0.4 is 24.8 Å². The molecule has 0 saturated heterocycles. The number of fused-ring (bicyclic) bond motifs is 1. The molecule has 2 unspecified atom stereocenters. The van der Waals surface area contributed by atoms with Crippen molar-refractivity contribution in [1.82, 2.24) is 0 Å². The summed E-state index contributed by atoms with van der Waals surface area (Å²) >= 11 is 0. The predicted molar refractivity (Wildman–Crippen MR) is 126 cm³/mol. The molecular weight excluding hydrogens is 527 g/mol. The zero-order valence-electron chi connectivity index (χ0n) is 21.8. The summed E-state index contributed by atoms with van der Waals surface area (Å²) < 4.78 is 10.2. The molecule has 1 aliphatic heterocycles. The lowest BCUT2D eigenvalue weighted by Crippen LogP contribution is -3.00. The number of hydrogen-bond donors (Lipinski definition) is 2. The van der Waals surface area contributed by atoms with E-state index in [1.165, 1.54) is 12.1 Å². The van der Waals surface area contributed by atoms with Crippen LogP contribution >= 0.6 is 0 Å². The van der Waals surface area contributed by atoms with E-state index in [-0.39, 0.29) is 89.4 Å². The van der Waals surface area contributed by atoms with Crippen molar-refractivity contribution in [3.63, 3.8) is 0 Å². The summed E-state index contributed by atoms with van der Waals surface area (Å²) in [6.45, 7) is 7.77. The number of benzene rings is 1. The van der Waals surface area contributed by atoms with Gasteiger partial charge >= 0.3 is 23.8 Å². The molecule has 12 heteroatoms. The largest absolute Gasteiger partial charge is 1.00 e. The number of carbonyl (C=O) groups excluding carboxylic acids is 4. The van der Waals surface area contributed by atoms with Gasteiger partial charge in [0.25, 0.3) is 0 Å². The van der Waals surface area contributed by atoms with Gasteiger partial charge in [-0.2, -0.15) is 0 Å². The first-order chi connectivity index (χ1) is 16.6. The van der Waals surface area contributed by atoms with Crippen LogP contribution in [0.15, 0.2) is 24.3 Å². The van der Waals surface area contributed by atoms with Crippen molar-refractivity contribution in [2.24, 2.45) is 0 Å². The lowest BCUT2D eigenvalue weighted by atomic mass is 10.1. The van der Waals surface area contributed by atoms with Crippen molar-refractivity contribution in [2.45, 2.75) is 46.3 Å². The Bertz CT molecular complexity index is 862. The molecular formula is C25H38Cl2N2O8. The number of amides is 2. The number of quaternary nitrogens is 2. The van der Waals surface area contributed by atoms with Crippen LogP contribution in [-0.4, -0.2) is 108 Å². The van der Waals surface area contributed by atoms with Crippen LogP contribution in [0.1, 0.15) is 54.8 Å². The van der Waals surface area contributed by atoms with Gasteiger partial charge in [-0.25, -0.2) is 19.2 Å². The molecule has 0 saturated carbocycles. The van der Waals surface area contributed by atoms with Gasteiger partial charge in [0.05, 0.1) is 37.3 Å². The van der Waals surface area contributed by atoms with Crippen molar-refractivity contribution in [2.75, 3.05) is 52.5 Å². The number of esters is 2. The van der Waals surface area contributed by atoms with Gasteiger partial charge in [-0.05, 0) is 39.8 Å². The third-order valence-electron chi connectivity index (χ3n) is 7.08. The summed E-state index contributed by atoms with van der Waals surface area (Å²) in [4.78, 5) is 52.1. The number of ether oxygens (including phenoxy) is 2. The fourth-order valence-electron chi connectivity index (χ4n) is 4.59. The van der Waals surface area contributed by atoms with Crippen molar-refractivity contribution < 1.29 is 72.6 Å². The third kappa shape index (κ3) is 8.20. The van der Waals surface area contributed by atoms with E-state index in [2.05, 4.69) is 0 Å². The molecule has 1 aromatic rings. The van der Waals surface area contributed by atoms with Gasteiger partial charge in [0.1, 0.15) is 38.5 Å². The van der Waals surface area contributed by atoms with Crippen molar-refractivity contribution in [1.29, 1.82) is 0 Å². The lowest BCUT2D eigenvalue weighted by molar-refractivity contribution is -0.862. The van der Waals surface area contributed by atoms with Crippen molar-refractivity contribution >= 4 is 23.8 Å². The number of halogens is 2. The fraction of sp³-hybridized carbons (Fsp3) is 0.600. The molecule has 1 heterocycles. The average molecular weight is 565 g/mol. The molecule has 0 radical (unpaired) electrons. The van der Waals surface area contributed by atoms with E-state index in [1.807, 2.05) is 0 Å². The highest BCUT2D eigenvalue weighted by atomic mass is 35.5. The predicted octanol–water partition coefficient (Wildman–Crippen LogP) is -5.10. The summed E-state index contributed by atoms with van der Waals surface area (Å²) in [5.74, 6) is -2.32. The van der Waals surface area contributed by atoms with E-state index in [1.54, 1.807) is 39.8 Å². The highest BCUT2D eigenvalue weighted by Crippen LogP contribution is 2.19. The van der Waals surface area contributed by atoms with Crippen LogP contribution in [0.4, 0.5) is 0 Å². The first-order valence-corrected chi connectivity index (χ1v) is 12.2. The van der Waals surface area contributed by atoms with Gasteiger partial charge in [0, 0.05) is 0 Å². The Morgan fingerprint density at radius 2 is 1.03 bits per heavy atom. The second kappa shape index (κ2) is 15.4. The number of cyclic esters (lactones) is 2. The minimum Gasteiger partial charge on any atom is -1.00 e. The normalized spacial score (nSPS) is 22.9. The number of rotatable bonds is 4. The molecule has 0 aromatic heterocycles. The smallest absolute Gasteiger partial charge is 0.339 e. The van der Waals surface area contributed by atoms with Gasteiger partial charge in [-0.3, -0.25) is 8.97 Å². The van der Waals surface area contributed by atoms with Crippen LogP contribution in [0.5, 0.6) is 0 Å². The van der Waals surface area contributed by atoms with Gasteiger partial charge < -0.3 is 44.5 Å². The maximum atomic E-state index is 13.4. The Balaban J connectivity index is 0.00000648. The number of aliphatic hydroxyl groups excluding tert-OH is 2. The summed E-state index contributed by atoms with van der Waals surface area (Å²) in [6, 6.07) is 5.95. The van der Waals surface area contributed by atoms with Crippen LogP contribution in [-0.2, 0) is 19.1 Å². The van der Waals surface area contributed by atoms with E-state index >= 15 is 0 Å². The maximum Gasteiger partial charge on any atom is 0.339 e. The monoisotopic (exact) mass is 564 g/mol. The lowest BCUT2D eigenvalue weighted by Gasteiger charge is -2.38. The molecule has 0 bridgehead atoms. The van der Waals surface area contributed by atoms with Gasteiger partial charge in [-0.1, -0.05) is 12.1 Å². The Hall–Kier alpha value is -2.08. The molecule has 2 atom stereocenters. The zero-order valence-corrected chi connectivity index (χ0v) is 23.3. The maximum absolute atomic E-state index is 13.4. The minimum absolute atomic E-state index is 0. The Kier molecular flexibility index (Phi) is 14.5. The number of aliphatic hydroxyl groups is 2. The average Bonchev–Trinajstić information content (AvgIpc) is 2.86. The summed E-state index contributed by atoms with van der Waals surface area (Å²) in [7, 11) is 0. The Labute approximate surface area is 230 Å². The SMILES string of the molecule is CC[N+]1(CC)CC(O)COC(=O)c2ccccc2C(=O)OCC(O)C[N+](CC)(CC)C(=O)CC1=O.[Cl-].[Cl-]. The summed E-state index contributed by atoms with van der Waals surface area (Å²) in [6.07, 6.45) is -2.69. The summed E-state index contributed by atoms with van der Waals surface area (Å²) in [5, 5.41) is 21.3. The number of nitrogens with zero attached hydrogens (tertiary/aromatic N) is 2.